The van der Waals surface area contributed by atoms with Gasteiger partial charge in [-0.1, -0.05) is 6.92 Å². The molecule has 17 heavy (non-hydrogen) atoms. The molecule has 0 radical (unpaired) electrons. The zero-order valence-corrected chi connectivity index (χ0v) is 9.52. The van der Waals surface area contributed by atoms with Crippen LogP contribution in [0.3, 0.4) is 0 Å². The molecule has 2 aliphatic heterocycles. The quantitative estimate of drug-likeness (QED) is 0.527. The Labute approximate surface area is 98.2 Å². The summed E-state index contributed by atoms with van der Waals surface area (Å²) in [6, 6.07) is -1.35. The van der Waals surface area contributed by atoms with Crippen molar-refractivity contribution in [3.05, 3.63) is 0 Å². The van der Waals surface area contributed by atoms with E-state index in [0.29, 0.717) is 19.5 Å². The van der Waals surface area contributed by atoms with Gasteiger partial charge in [-0.05, 0) is 6.42 Å². The largest absolute Gasteiger partial charge is 0.386 e. The van der Waals surface area contributed by atoms with E-state index in [4.69, 9.17) is 0 Å². The third-order valence-electron chi connectivity index (χ3n) is 3.22. The first-order valence-electron chi connectivity index (χ1n) is 5.55. The molecule has 0 aromatic heterocycles. The monoisotopic (exact) mass is 241 g/mol. The Morgan fingerprint density at radius 2 is 2.18 bits per heavy atom. The summed E-state index contributed by atoms with van der Waals surface area (Å²) >= 11 is 0. The van der Waals surface area contributed by atoms with Crippen molar-refractivity contribution in [2.45, 2.75) is 31.4 Å². The second-order valence-electron chi connectivity index (χ2n) is 4.55. The number of amides is 4. The number of nitrogens with one attached hydrogen (secondary N) is 2. The van der Waals surface area contributed by atoms with E-state index >= 15 is 0 Å². The number of hydrogen-bond acceptors (Lipinski definition) is 4. The van der Waals surface area contributed by atoms with Gasteiger partial charge < -0.3 is 15.3 Å². The average Bonchev–Trinajstić information content (AvgIpc) is 2.52. The van der Waals surface area contributed by atoms with Crippen LogP contribution >= 0.6 is 0 Å². The summed E-state index contributed by atoms with van der Waals surface area (Å²) in [6.45, 7) is 2.45. The molecule has 2 saturated heterocycles. The number of rotatable bonds is 3. The molecule has 2 heterocycles. The third-order valence-corrected chi connectivity index (χ3v) is 3.22. The van der Waals surface area contributed by atoms with E-state index in [2.05, 4.69) is 10.6 Å². The number of β-amino-alcohol motifs (C(OH)–C–C–N with tert-alkyl or cyclic N) is 1. The lowest BCUT2D eigenvalue weighted by atomic mass is 9.91. The number of likely N-dealkylation sites (tertiary alicyclic amines) is 1. The van der Waals surface area contributed by atoms with Crippen molar-refractivity contribution >= 4 is 17.8 Å². The number of aliphatic hydroxyl groups is 1. The van der Waals surface area contributed by atoms with E-state index in [1.165, 1.54) is 4.90 Å². The number of imide groups is 1. The molecule has 4 amide bonds. The molecule has 0 saturated carbocycles. The first-order chi connectivity index (χ1) is 7.93. The highest BCUT2D eigenvalue weighted by Gasteiger charge is 2.43. The van der Waals surface area contributed by atoms with Crippen molar-refractivity contribution in [2.24, 2.45) is 0 Å². The fourth-order valence-corrected chi connectivity index (χ4v) is 1.97. The van der Waals surface area contributed by atoms with Crippen LogP contribution in [0.25, 0.3) is 0 Å². The minimum Gasteiger partial charge on any atom is -0.386 e. The van der Waals surface area contributed by atoms with Crippen LogP contribution in [0.15, 0.2) is 0 Å². The highest BCUT2D eigenvalue weighted by atomic mass is 16.3. The lowest BCUT2D eigenvalue weighted by Crippen LogP contribution is -2.63. The van der Waals surface area contributed by atoms with Crippen molar-refractivity contribution in [3.8, 4) is 0 Å². The normalized spacial score (nSPS) is 26.2. The summed E-state index contributed by atoms with van der Waals surface area (Å²) in [6.07, 6.45) is 0.537. The number of carbonyl (C=O) groups excluding carboxylic acids is 3. The van der Waals surface area contributed by atoms with E-state index in [1.807, 2.05) is 6.92 Å². The molecule has 2 fully saturated rings. The van der Waals surface area contributed by atoms with Gasteiger partial charge in [0.25, 0.3) is 5.91 Å². The first-order valence-corrected chi connectivity index (χ1v) is 5.55. The van der Waals surface area contributed by atoms with Crippen molar-refractivity contribution in [1.82, 2.24) is 15.5 Å². The van der Waals surface area contributed by atoms with Gasteiger partial charge in [0.2, 0.25) is 5.91 Å². The SMILES string of the molecule is CCC1(O)CN(C(=O)C[C@@H]2NC(=O)NC2=O)C1. The molecule has 7 nitrogen and oxygen atoms in total. The fraction of sp³-hybridized carbons (Fsp3) is 0.700. The van der Waals surface area contributed by atoms with Gasteiger partial charge in [-0.25, -0.2) is 4.79 Å². The lowest BCUT2D eigenvalue weighted by molar-refractivity contribution is -0.156. The van der Waals surface area contributed by atoms with Gasteiger partial charge in [-0.15, -0.1) is 0 Å². The molecule has 2 aliphatic rings. The van der Waals surface area contributed by atoms with Gasteiger partial charge in [0.15, 0.2) is 0 Å². The molecule has 1 atom stereocenters. The number of hydrogen-bond donors (Lipinski definition) is 3. The van der Waals surface area contributed by atoms with E-state index in [1.54, 1.807) is 0 Å². The standard InChI is InChI=1S/C10H15N3O4/c1-2-10(17)4-13(5-10)7(14)3-6-8(15)12-9(16)11-6/h6,17H,2-5H2,1H3,(H2,11,12,15,16)/t6-/m0/s1. The minimum atomic E-state index is -0.787. The minimum absolute atomic E-state index is 0.0582. The topological polar surface area (TPSA) is 98.7 Å². The Hall–Kier alpha value is -1.63. The Morgan fingerprint density at radius 3 is 2.65 bits per heavy atom. The summed E-state index contributed by atoms with van der Waals surface area (Å²) in [5, 5.41) is 14.2. The molecule has 0 aliphatic carbocycles. The second-order valence-corrected chi connectivity index (χ2v) is 4.55. The predicted octanol–water partition coefficient (Wildman–Crippen LogP) is -1.43. The zero-order valence-electron chi connectivity index (χ0n) is 9.52. The average molecular weight is 241 g/mol. The Balaban J connectivity index is 1.83. The van der Waals surface area contributed by atoms with Crippen LogP contribution in [0.1, 0.15) is 19.8 Å². The van der Waals surface area contributed by atoms with Crippen LogP contribution in [0.2, 0.25) is 0 Å². The van der Waals surface area contributed by atoms with Crippen LogP contribution in [-0.4, -0.2) is 52.6 Å². The molecule has 0 unspecified atom stereocenters. The third kappa shape index (κ3) is 2.23. The van der Waals surface area contributed by atoms with Crippen molar-refractivity contribution in [3.63, 3.8) is 0 Å². The molecular weight excluding hydrogens is 226 g/mol. The maximum Gasteiger partial charge on any atom is 0.322 e. The smallest absolute Gasteiger partial charge is 0.322 e. The summed E-state index contributed by atoms with van der Waals surface area (Å²) < 4.78 is 0. The molecule has 0 spiro atoms. The molecule has 3 N–H and O–H groups in total. The number of urea groups is 1. The Bertz CT molecular complexity index is 376. The molecule has 0 aromatic carbocycles. The fourth-order valence-electron chi connectivity index (χ4n) is 1.97. The lowest BCUT2D eigenvalue weighted by Gasteiger charge is -2.46. The predicted molar refractivity (Wildman–Crippen MR) is 56.9 cm³/mol. The van der Waals surface area contributed by atoms with E-state index in [0.717, 1.165) is 0 Å². The van der Waals surface area contributed by atoms with Gasteiger partial charge in [0, 0.05) is 0 Å². The molecule has 0 bridgehead atoms. The van der Waals surface area contributed by atoms with Gasteiger partial charge >= 0.3 is 6.03 Å². The summed E-state index contributed by atoms with van der Waals surface area (Å²) in [5.74, 6) is -0.708. The van der Waals surface area contributed by atoms with Gasteiger partial charge in [0.1, 0.15) is 6.04 Å². The van der Waals surface area contributed by atoms with E-state index in [9.17, 15) is 19.5 Å². The number of nitrogens with zero attached hydrogens (tertiary/aromatic N) is 1. The maximum atomic E-state index is 11.7. The van der Waals surface area contributed by atoms with Crippen molar-refractivity contribution in [1.29, 1.82) is 0 Å². The molecule has 94 valence electrons. The Kier molecular flexibility index (Phi) is 2.78. The molecule has 2 rings (SSSR count). The first kappa shape index (κ1) is 11.8. The van der Waals surface area contributed by atoms with Crippen molar-refractivity contribution in [2.75, 3.05) is 13.1 Å². The van der Waals surface area contributed by atoms with E-state index in [-0.39, 0.29) is 12.3 Å². The zero-order chi connectivity index (χ0) is 12.6. The van der Waals surface area contributed by atoms with Crippen LogP contribution < -0.4 is 10.6 Å². The van der Waals surface area contributed by atoms with Crippen LogP contribution in [0.5, 0.6) is 0 Å². The van der Waals surface area contributed by atoms with Crippen molar-refractivity contribution < 1.29 is 19.5 Å². The molecule has 0 aromatic rings. The van der Waals surface area contributed by atoms with Crippen LogP contribution in [0, 0.1) is 0 Å². The highest BCUT2D eigenvalue weighted by molar-refractivity contribution is 6.05. The van der Waals surface area contributed by atoms with Gasteiger partial charge in [-0.2, -0.15) is 0 Å². The van der Waals surface area contributed by atoms with Gasteiger partial charge in [0.05, 0.1) is 25.1 Å². The Morgan fingerprint density at radius 1 is 1.53 bits per heavy atom. The van der Waals surface area contributed by atoms with E-state index < -0.39 is 23.6 Å². The van der Waals surface area contributed by atoms with Crippen LogP contribution in [0.4, 0.5) is 4.79 Å². The summed E-state index contributed by atoms with van der Waals surface area (Å²) in [7, 11) is 0. The molecule has 7 heteroatoms. The van der Waals surface area contributed by atoms with Crippen LogP contribution in [-0.2, 0) is 9.59 Å². The summed E-state index contributed by atoms with van der Waals surface area (Å²) in [5.41, 5.74) is -0.781. The maximum absolute atomic E-state index is 11.7. The summed E-state index contributed by atoms with van der Waals surface area (Å²) in [4.78, 5) is 35.3. The number of carbonyl (C=O) groups is 3. The van der Waals surface area contributed by atoms with Gasteiger partial charge in [-0.3, -0.25) is 14.9 Å². The highest BCUT2D eigenvalue weighted by Crippen LogP contribution is 2.24. The molecular formula is C10H15N3O4. The second kappa shape index (κ2) is 3.99.